The third-order valence-electron chi connectivity index (χ3n) is 2.76. The molecule has 0 radical (unpaired) electrons. The second-order valence-corrected chi connectivity index (χ2v) is 3.49. The second-order valence-electron chi connectivity index (χ2n) is 3.49. The molecule has 0 aliphatic heterocycles. The molecule has 0 aliphatic carbocycles. The van der Waals surface area contributed by atoms with E-state index in [2.05, 4.69) is 52.1 Å². The van der Waals surface area contributed by atoms with Gasteiger partial charge in [-0.25, -0.2) is 0 Å². The fourth-order valence-corrected chi connectivity index (χ4v) is 1.96. The number of benzene rings is 1. The molecule has 0 saturated heterocycles. The molecule has 19 heavy (non-hydrogen) atoms. The van der Waals surface area contributed by atoms with Crippen LogP contribution in [0.5, 0.6) is 0 Å². The van der Waals surface area contributed by atoms with E-state index >= 15 is 0 Å². The van der Waals surface area contributed by atoms with Crippen LogP contribution in [0, 0.1) is 6.92 Å². The van der Waals surface area contributed by atoms with Crippen LogP contribution in [0.1, 0.15) is 58.2 Å². The quantitative estimate of drug-likeness (QED) is 0.705. The molecule has 0 aliphatic rings. The Morgan fingerprint density at radius 2 is 1.42 bits per heavy atom. The lowest BCUT2D eigenvalue weighted by atomic mass is 9.97. The summed E-state index contributed by atoms with van der Waals surface area (Å²) in [5.41, 5.74) is 3.61. The maximum atomic E-state index is 3.86. The van der Waals surface area contributed by atoms with E-state index in [1.165, 1.54) is 21.6 Å². The van der Waals surface area contributed by atoms with Crippen molar-refractivity contribution in [2.75, 3.05) is 0 Å². The van der Waals surface area contributed by atoms with Crippen molar-refractivity contribution in [3.63, 3.8) is 0 Å². The second kappa shape index (κ2) is 11.5. The van der Waals surface area contributed by atoms with Gasteiger partial charge in [0.05, 0.1) is 0 Å². The molecule has 0 unspecified atom stereocenters. The molecule has 0 amide bonds. The van der Waals surface area contributed by atoms with Crippen LogP contribution in [0.3, 0.4) is 0 Å². The molecule has 1 rings (SSSR count). The maximum absolute atomic E-state index is 3.86. The van der Waals surface area contributed by atoms with E-state index < -0.39 is 0 Å². The van der Waals surface area contributed by atoms with Crippen LogP contribution in [0.2, 0.25) is 0 Å². The smallest absolute Gasteiger partial charge is 0.0155 e. The van der Waals surface area contributed by atoms with Gasteiger partial charge in [-0.05, 0) is 54.0 Å². The summed E-state index contributed by atoms with van der Waals surface area (Å²) < 4.78 is 0. The summed E-state index contributed by atoms with van der Waals surface area (Å²) in [5, 5.41) is 2.55. The molecular formula is C19H30. The SMILES string of the molecule is C=Cc1cc(=C/C)/c(=C\C)c(C)c1C=C.CC.CC. The minimum absolute atomic E-state index is 1.15. The Morgan fingerprint density at radius 3 is 1.74 bits per heavy atom. The molecule has 0 fully saturated rings. The summed E-state index contributed by atoms with van der Waals surface area (Å²) in [6.45, 7) is 22.0. The largest absolute Gasteiger partial charge is 0.0984 e. The zero-order chi connectivity index (χ0) is 15.4. The highest BCUT2D eigenvalue weighted by Crippen LogP contribution is 2.11. The van der Waals surface area contributed by atoms with Gasteiger partial charge in [0.15, 0.2) is 0 Å². The van der Waals surface area contributed by atoms with Gasteiger partial charge in [0, 0.05) is 0 Å². The Morgan fingerprint density at radius 1 is 0.895 bits per heavy atom. The average Bonchev–Trinajstić information content (AvgIpc) is 2.50. The zero-order valence-corrected chi connectivity index (χ0v) is 13.8. The Hall–Kier alpha value is -1.56. The molecule has 0 saturated carbocycles. The van der Waals surface area contributed by atoms with E-state index in [9.17, 15) is 0 Å². The first-order valence-corrected chi connectivity index (χ1v) is 7.20. The van der Waals surface area contributed by atoms with Crippen molar-refractivity contribution in [3.05, 3.63) is 46.4 Å². The van der Waals surface area contributed by atoms with Crippen molar-refractivity contribution >= 4 is 24.3 Å². The molecule has 1 aromatic rings. The highest BCUT2D eigenvalue weighted by molar-refractivity contribution is 5.67. The van der Waals surface area contributed by atoms with Gasteiger partial charge in [0.2, 0.25) is 0 Å². The molecule has 0 nitrogen and oxygen atoms in total. The van der Waals surface area contributed by atoms with E-state index in [0.29, 0.717) is 0 Å². The first kappa shape index (κ1) is 19.8. The molecule has 0 heteroatoms. The van der Waals surface area contributed by atoms with Gasteiger partial charge in [0.25, 0.3) is 0 Å². The van der Waals surface area contributed by atoms with Crippen molar-refractivity contribution in [3.8, 4) is 0 Å². The average molecular weight is 258 g/mol. The fourth-order valence-electron chi connectivity index (χ4n) is 1.96. The van der Waals surface area contributed by atoms with Gasteiger partial charge in [-0.3, -0.25) is 0 Å². The third-order valence-corrected chi connectivity index (χ3v) is 2.76. The lowest BCUT2D eigenvalue weighted by Crippen LogP contribution is -2.28. The summed E-state index contributed by atoms with van der Waals surface area (Å²) in [6.07, 6.45) is 8.06. The molecular weight excluding hydrogens is 228 g/mol. The number of rotatable bonds is 2. The van der Waals surface area contributed by atoms with Crippen molar-refractivity contribution in [1.82, 2.24) is 0 Å². The Labute approximate surface area is 119 Å². The standard InChI is InChI=1S/C15H18.2C2H6/c1-6-12-10-13(7-2)15(9-4)11(5)14(12)8-3;2*1-2/h6-10H,1,3H2,2,4-5H3;2*1-2H3/b13-7-,15-9-;;. The minimum atomic E-state index is 1.15. The van der Waals surface area contributed by atoms with E-state index in [-0.39, 0.29) is 0 Å². The third kappa shape index (κ3) is 4.90. The van der Waals surface area contributed by atoms with Gasteiger partial charge in [0.1, 0.15) is 0 Å². The molecule has 1 aromatic carbocycles. The highest BCUT2D eigenvalue weighted by Gasteiger charge is 2.01. The van der Waals surface area contributed by atoms with Crippen molar-refractivity contribution in [1.29, 1.82) is 0 Å². The fraction of sp³-hybridized carbons (Fsp3) is 0.368. The molecule has 106 valence electrons. The Kier molecular flexibility index (Phi) is 12.0. The zero-order valence-electron chi connectivity index (χ0n) is 13.8. The first-order chi connectivity index (χ1) is 9.19. The van der Waals surface area contributed by atoms with Crippen molar-refractivity contribution in [2.24, 2.45) is 0 Å². The number of hydrogen-bond acceptors (Lipinski definition) is 0. The molecule has 0 atom stereocenters. The van der Waals surface area contributed by atoms with E-state index in [4.69, 9.17) is 0 Å². The molecule has 0 bridgehead atoms. The normalized spacial score (nSPS) is 10.9. The van der Waals surface area contributed by atoms with E-state index in [1.54, 1.807) is 0 Å². The van der Waals surface area contributed by atoms with Crippen LogP contribution < -0.4 is 10.4 Å². The molecule has 0 heterocycles. The Balaban J connectivity index is 0. The summed E-state index contributed by atoms with van der Waals surface area (Å²) in [7, 11) is 0. The first-order valence-electron chi connectivity index (χ1n) is 7.20. The molecule has 0 N–H and O–H groups in total. The summed E-state index contributed by atoms with van der Waals surface area (Å²) in [6, 6.07) is 2.16. The predicted molar refractivity (Wildman–Crippen MR) is 93.6 cm³/mol. The Bertz CT molecular complexity index is 502. The van der Waals surface area contributed by atoms with Gasteiger partial charge < -0.3 is 0 Å². The van der Waals surface area contributed by atoms with Crippen LogP contribution in [0.25, 0.3) is 24.3 Å². The van der Waals surface area contributed by atoms with Crippen LogP contribution in [-0.2, 0) is 0 Å². The van der Waals surface area contributed by atoms with Gasteiger partial charge in [-0.2, -0.15) is 0 Å². The highest BCUT2D eigenvalue weighted by atomic mass is 14.1. The summed E-state index contributed by atoms with van der Waals surface area (Å²) in [5.74, 6) is 0. The van der Waals surface area contributed by atoms with Gasteiger partial charge in [-0.1, -0.05) is 65.2 Å². The summed E-state index contributed by atoms with van der Waals surface area (Å²) in [4.78, 5) is 0. The van der Waals surface area contributed by atoms with Crippen LogP contribution in [0.15, 0.2) is 19.2 Å². The lowest BCUT2D eigenvalue weighted by molar-refractivity contribution is 1.33. The van der Waals surface area contributed by atoms with Crippen molar-refractivity contribution < 1.29 is 0 Å². The van der Waals surface area contributed by atoms with Gasteiger partial charge >= 0.3 is 0 Å². The molecule has 0 spiro atoms. The number of hydrogen-bond donors (Lipinski definition) is 0. The van der Waals surface area contributed by atoms with Crippen molar-refractivity contribution in [2.45, 2.75) is 48.5 Å². The van der Waals surface area contributed by atoms with Crippen LogP contribution in [0.4, 0.5) is 0 Å². The predicted octanol–water partition coefficient (Wildman–Crippen LogP) is 4.93. The van der Waals surface area contributed by atoms with Crippen LogP contribution >= 0.6 is 0 Å². The maximum Gasteiger partial charge on any atom is -0.0155 e. The van der Waals surface area contributed by atoms with Crippen LogP contribution in [-0.4, -0.2) is 0 Å². The minimum Gasteiger partial charge on any atom is -0.0984 e. The van der Waals surface area contributed by atoms with E-state index in [0.717, 1.165) is 5.56 Å². The summed E-state index contributed by atoms with van der Waals surface area (Å²) >= 11 is 0. The van der Waals surface area contributed by atoms with Gasteiger partial charge in [-0.15, -0.1) is 0 Å². The molecule has 0 aromatic heterocycles. The topological polar surface area (TPSA) is 0 Å². The monoisotopic (exact) mass is 258 g/mol. The lowest BCUT2D eigenvalue weighted by Gasteiger charge is -2.07. The van der Waals surface area contributed by atoms with E-state index in [1.807, 2.05) is 39.8 Å².